The van der Waals surface area contributed by atoms with E-state index in [9.17, 15) is 44.4 Å². The maximum Gasteiger partial charge on any atom is 0.305 e. The summed E-state index contributed by atoms with van der Waals surface area (Å²) in [5, 5.41) is 64.1. The van der Waals surface area contributed by atoms with Crippen molar-refractivity contribution in [3.63, 3.8) is 0 Å². The second-order valence-corrected chi connectivity index (χ2v) is 19.0. The molecular weight excluding hydrogens is 839 g/mol. The van der Waals surface area contributed by atoms with Gasteiger partial charge < -0.3 is 46.6 Å². The number of benzene rings is 2. The van der Waals surface area contributed by atoms with Crippen LogP contribution in [0.3, 0.4) is 0 Å². The number of carbonyl (C=O) groups excluding carboxylic acids is 4. The van der Waals surface area contributed by atoms with Crippen molar-refractivity contribution in [3.05, 3.63) is 65.0 Å². The molecule has 0 bridgehead atoms. The van der Waals surface area contributed by atoms with Gasteiger partial charge in [-0.05, 0) is 117 Å². The second-order valence-electron chi connectivity index (χ2n) is 19.0. The van der Waals surface area contributed by atoms with E-state index >= 15 is 0 Å². The molecule has 1 aromatic heterocycles. The van der Waals surface area contributed by atoms with Crippen LogP contribution in [0.1, 0.15) is 108 Å². The maximum atomic E-state index is 14.8. The molecule has 2 aromatic carbocycles. The lowest BCUT2D eigenvalue weighted by Gasteiger charge is -2.47. The van der Waals surface area contributed by atoms with Gasteiger partial charge in [-0.3, -0.25) is 44.8 Å². The molecule has 0 saturated carbocycles. The van der Waals surface area contributed by atoms with Crippen molar-refractivity contribution in [3.8, 4) is 16.9 Å². The first-order valence-corrected chi connectivity index (χ1v) is 22.0. The summed E-state index contributed by atoms with van der Waals surface area (Å²) in [5.74, 6) is -4.13. The number of aryl methyl sites for hydroxylation is 2. The zero-order valence-corrected chi connectivity index (χ0v) is 39.1. The van der Waals surface area contributed by atoms with E-state index in [1.807, 2.05) is 27.7 Å². The van der Waals surface area contributed by atoms with Crippen LogP contribution in [0.5, 0.6) is 5.75 Å². The van der Waals surface area contributed by atoms with Gasteiger partial charge in [0.1, 0.15) is 29.8 Å². The number of amides is 4. The molecule has 4 amide bonds. The van der Waals surface area contributed by atoms with E-state index in [1.165, 1.54) is 24.3 Å². The van der Waals surface area contributed by atoms with E-state index in [0.717, 1.165) is 0 Å². The number of carboxylic acid groups (broad SMARTS) is 1. The Balaban J connectivity index is 1.73. The quantitative estimate of drug-likeness (QED) is 0.0646. The SMILES string of the molecule is Cc1noc(C)c1-c1ccc(C(=O)N[C@@H](CC(C)C)C(=O)N[C@H](CC(=O)O)C(N)=O)cc1NC(=O)[C@H](Cc1ccc(O)cc1)NC(O)[C@@H]1CCC(NC(C)(C)C)N1C(C)(C)NC[C@@H](C)O. The summed E-state index contributed by atoms with van der Waals surface area (Å²) in [7, 11) is 0. The topological polar surface area (TPSA) is 294 Å². The summed E-state index contributed by atoms with van der Waals surface area (Å²) in [6.07, 6.45) is -1.37. The summed E-state index contributed by atoms with van der Waals surface area (Å²) in [6.45, 7) is 19.2. The zero-order valence-electron chi connectivity index (χ0n) is 39.1. The molecule has 3 aromatic rings. The number of primary amides is 1. The maximum absolute atomic E-state index is 14.8. The van der Waals surface area contributed by atoms with Crippen molar-refractivity contribution in [2.45, 2.75) is 155 Å². The Morgan fingerprint density at radius 3 is 2.12 bits per heavy atom. The molecule has 2 unspecified atom stereocenters. The molecule has 1 aliphatic rings. The number of nitrogens with two attached hydrogens (primary N) is 1. The van der Waals surface area contributed by atoms with Gasteiger partial charge in [0.15, 0.2) is 0 Å². The third-order valence-corrected chi connectivity index (χ3v) is 11.1. The van der Waals surface area contributed by atoms with E-state index < -0.39 is 78.2 Å². The van der Waals surface area contributed by atoms with Crippen LogP contribution in [0.4, 0.5) is 5.69 Å². The van der Waals surface area contributed by atoms with Crippen molar-refractivity contribution in [1.82, 2.24) is 36.6 Å². The second kappa shape index (κ2) is 22.2. The van der Waals surface area contributed by atoms with Crippen LogP contribution in [0.2, 0.25) is 0 Å². The van der Waals surface area contributed by atoms with Crippen molar-refractivity contribution in [2.24, 2.45) is 11.7 Å². The Morgan fingerprint density at radius 1 is 0.908 bits per heavy atom. The number of likely N-dealkylation sites (tertiary alicyclic amines) is 1. The average Bonchev–Trinajstić information content (AvgIpc) is 3.77. The van der Waals surface area contributed by atoms with Crippen molar-refractivity contribution in [2.75, 3.05) is 11.9 Å². The normalized spacial score (nSPS) is 18.1. The minimum Gasteiger partial charge on any atom is -0.508 e. The van der Waals surface area contributed by atoms with Crippen LogP contribution in [-0.4, -0.2) is 120 Å². The highest BCUT2D eigenvalue weighted by molar-refractivity contribution is 6.03. The van der Waals surface area contributed by atoms with Gasteiger partial charge in [-0.25, -0.2) is 0 Å². The molecule has 7 atom stereocenters. The Bertz CT molecular complexity index is 2110. The van der Waals surface area contributed by atoms with E-state index in [2.05, 4.69) is 62.7 Å². The third kappa shape index (κ3) is 14.8. The average molecular weight is 908 g/mol. The Labute approximate surface area is 380 Å². The van der Waals surface area contributed by atoms with Gasteiger partial charge >= 0.3 is 5.97 Å². The van der Waals surface area contributed by atoms with Crippen LogP contribution < -0.4 is 37.6 Å². The number of phenolic OH excluding ortho intramolecular Hbond substituents is 1. The molecule has 1 fully saturated rings. The van der Waals surface area contributed by atoms with Gasteiger partial charge in [-0.2, -0.15) is 0 Å². The van der Waals surface area contributed by atoms with E-state index in [-0.39, 0.29) is 47.5 Å². The molecule has 0 spiro atoms. The molecule has 1 aliphatic heterocycles. The molecule has 19 heteroatoms. The van der Waals surface area contributed by atoms with Crippen LogP contribution >= 0.6 is 0 Å². The number of aliphatic hydroxyl groups excluding tert-OH is 2. The summed E-state index contributed by atoms with van der Waals surface area (Å²) >= 11 is 0. The summed E-state index contributed by atoms with van der Waals surface area (Å²) < 4.78 is 5.48. The number of hydrogen-bond acceptors (Lipinski definition) is 14. The minimum atomic E-state index is -1.51. The number of aromatic nitrogens is 1. The fraction of sp³-hybridized carbons (Fsp3) is 0.565. The van der Waals surface area contributed by atoms with Crippen LogP contribution in [0.25, 0.3) is 11.1 Å². The largest absolute Gasteiger partial charge is 0.508 e. The van der Waals surface area contributed by atoms with Gasteiger partial charge in [-0.15, -0.1) is 0 Å². The molecule has 358 valence electrons. The molecule has 0 radical (unpaired) electrons. The van der Waals surface area contributed by atoms with Crippen molar-refractivity contribution < 1.29 is 48.9 Å². The molecule has 2 heterocycles. The first-order valence-electron chi connectivity index (χ1n) is 22.0. The number of anilines is 1. The van der Waals surface area contributed by atoms with Gasteiger partial charge in [0.2, 0.25) is 17.7 Å². The third-order valence-electron chi connectivity index (χ3n) is 11.1. The van der Waals surface area contributed by atoms with Gasteiger partial charge in [-0.1, -0.05) is 37.2 Å². The molecule has 0 aliphatic carbocycles. The molecule has 65 heavy (non-hydrogen) atoms. The van der Waals surface area contributed by atoms with Gasteiger partial charge in [0, 0.05) is 34.5 Å². The highest BCUT2D eigenvalue weighted by atomic mass is 16.5. The van der Waals surface area contributed by atoms with Crippen molar-refractivity contribution >= 4 is 35.3 Å². The summed E-state index contributed by atoms with van der Waals surface area (Å²) in [6, 6.07) is 6.62. The van der Waals surface area contributed by atoms with E-state index in [0.29, 0.717) is 47.5 Å². The number of aromatic hydroxyl groups is 1. The number of hydrogen-bond donors (Lipinski definition) is 11. The molecule has 1 saturated heterocycles. The lowest BCUT2D eigenvalue weighted by atomic mass is 9.98. The number of aliphatic hydroxyl groups is 2. The van der Waals surface area contributed by atoms with Gasteiger partial charge in [0.25, 0.3) is 5.91 Å². The molecule has 19 nitrogen and oxygen atoms in total. The first kappa shape index (κ1) is 52.2. The Hall–Kier alpha value is -5.44. The Morgan fingerprint density at radius 2 is 1.57 bits per heavy atom. The first-order chi connectivity index (χ1) is 30.3. The van der Waals surface area contributed by atoms with Crippen molar-refractivity contribution in [1.29, 1.82) is 0 Å². The predicted octanol–water partition coefficient (Wildman–Crippen LogP) is 2.60. The number of aliphatic carboxylic acids is 1. The minimum absolute atomic E-state index is 0.0360. The smallest absolute Gasteiger partial charge is 0.305 e. The lowest BCUT2D eigenvalue weighted by Crippen LogP contribution is -2.67. The van der Waals surface area contributed by atoms with Crippen LogP contribution in [0.15, 0.2) is 47.0 Å². The number of rotatable bonds is 22. The number of phenols is 1. The lowest BCUT2D eigenvalue weighted by molar-refractivity contribution is -0.140. The highest BCUT2D eigenvalue weighted by Crippen LogP contribution is 2.35. The van der Waals surface area contributed by atoms with E-state index in [1.54, 1.807) is 39.0 Å². The number of nitrogens with zero attached hydrogens (tertiary/aromatic N) is 2. The monoisotopic (exact) mass is 908 g/mol. The van der Waals surface area contributed by atoms with E-state index in [4.69, 9.17) is 10.3 Å². The van der Waals surface area contributed by atoms with Crippen LogP contribution in [0, 0.1) is 19.8 Å². The zero-order chi connectivity index (χ0) is 48.6. The summed E-state index contributed by atoms with van der Waals surface area (Å²) in [5.41, 5.74) is 6.81. The molecule has 12 N–H and O–H groups in total. The fourth-order valence-electron chi connectivity index (χ4n) is 8.20. The number of nitrogens with one attached hydrogen (secondary N) is 6. The number of carboxylic acids is 1. The fourth-order valence-corrected chi connectivity index (χ4v) is 8.20. The standard InChI is InChI=1S/C46H69N9O10/c1-24(2)19-34(42(62)50-33(40(47)60)22-38(58)59)51-41(61)29-13-16-31(39-26(4)54-65-27(39)5)32(21-29)49-43(63)35(20-28-11-14-30(57)15-12-28)52-44(64)36-17-18-37(53-45(6,7)8)55(36)46(9,10)48-23-25(3)56/h11-16,21,24-25,33-37,44,48,52-53,56-57,64H,17-20,22-23H2,1-10H3,(H2,47,60)(H,49,63)(H,50,62)(H,51,61)(H,58,59)/t25-,33-,34+,35+,36+,37?,44?/m1/s1. The highest BCUT2D eigenvalue weighted by Gasteiger charge is 2.46. The Kier molecular flexibility index (Phi) is 17.8. The molecular formula is C46H69N9O10. The predicted molar refractivity (Wildman–Crippen MR) is 244 cm³/mol. The molecule has 4 rings (SSSR count). The summed E-state index contributed by atoms with van der Waals surface area (Å²) in [4.78, 5) is 67.7. The number of carbonyl (C=O) groups is 5. The van der Waals surface area contributed by atoms with Crippen LogP contribution in [-0.2, 0) is 25.6 Å². The van der Waals surface area contributed by atoms with Gasteiger partial charge in [0.05, 0.1) is 42.1 Å².